The van der Waals surface area contributed by atoms with Crippen molar-refractivity contribution in [2.45, 2.75) is 25.2 Å². The fraction of sp³-hybridized carbons (Fsp3) is 0.167. The van der Waals surface area contributed by atoms with Gasteiger partial charge in [-0.15, -0.1) is 0 Å². The van der Waals surface area contributed by atoms with Gasteiger partial charge in [-0.3, -0.25) is 4.72 Å². The van der Waals surface area contributed by atoms with Crippen LogP contribution in [0, 0.1) is 6.92 Å². The zero-order valence-corrected chi connectivity index (χ0v) is 14.4. The molecule has 0 atom stereocenters. The molecule has 2 aromatic carbocycles. The number of nitrogens with one attached hydrogen (secondary N) is 2. The van der Waals surface area contributed by atoms with E-state index in [0.717, 1.165) is 29.1 Å². The number of aromatic nitrogens is 2. The van der Waals surface area contributed by atoms with Gasteiger partial charge in [-0.2, -0.15) is 0 Å². The molecule has 124 valence electrons. The maximum absolute atomic E-state index is 12.4. The molecule has 3 aromatic rings. The van der Waals surface area contributed by atoms with E-state index in [-0.39, 0.29) is 4.90 Å². The molecule has 3 rings (SSSR count). The van der Waals surface area contributed by atoms with Gasteiger partial charge in [-0.05, 0) is 48.7 Å². The summed E-state index contributed by atoms with van der Waals surface area (Å²) in [5, 5.41) is 0. The molecule has 0 aliphatic heterocycles. The Bertz CT molecular complexity index is 927. The van der Waals surface area contributed by atoms with Crippen LogP contribution in [0.1, 0.15) is 18.3 Å². The minimum Gasteiger partial charge on any atom is -0.342 e. The van der Waals surface area contributed by atoms with Crippen LogP contribution in [0.5, 0.6) is 0 Å². The molecule has 0 amide bonds. The number of nitrogens with zero attached hydrogens (tertiary/aromatic N) is 1. The number of rotatable bonds is 5. The SMILES string of the molecule is CCc1ccc(S(=O)(=O)Nc2ccc(-c3cnc(C)[nH]3)cc2)cc1. The van der Waals surface area contributed by atoms with Gasteiger partial charge in [0.05, 0.1) is 16.8 Å². The number of imidazole rings is 1. The van der Waals surface area contributed by atoms with Crippen molar-refractivity contribution in [2.24, 2.45) is 0 Å². The molecule has 1 aromatic heterocycles. The van der Waals surface area contributed by atoms with Gasteiger partial charge in [0.25, 0.3) is 10.0 Å². The predicted molar refractivity (Wildman–Crippen MR) is 95.4 cm³/mol. The van der Waals surface area contributed by atoms with E-state index in [2.05, 4.69) is 14.7 Å². The number of hydrogen-bond acceptors (Lipinski definition) is 3. The zero-order valence-electron chi connectivity index (χ0n) is 13.6. The first kappa shape index (κ1) is 16.3. The second kappa shape index (κ2) is 6.49. The lowest BCUT2D eigenvalue weighted by atomic mass is 10.1. The van der Waals surface area contributed by atoms with Crippen LogP contribution in [0.3, 0.4) is 0 Å². The molecular weight excluding hydrogens is 322 g/mol. The molecule has 2 N–H and O–H groups in total. The molecule has 6 heteroatoms. The average molecular weight is 341 g/mol. The summed E-state index contributed by atoms with van der Waals surface area (Å²) in [6, 6.07) is 14.1. The monoisotopic (exact) mass is 341 g/mol. The molecule has 5 nitrogen and oxygen atoms in total. The highest BCUT2D eigenvalue weighted by Crippen LogP contribution is 2.22. The zero-order chi connectivity index (χ0) is 17.2. The summed E-state index contributed by atoms with van der Waals surface area (Å²) in [5.74, 6) is 0.838. The Morgan fingerprint density at radius 3 is 2.25 bits per heavy atom. The van der Waals surface area contributed by atoms with Crippen LogP contribution in [0.2, 0.25) is 0 Å². The number of H-pyrrole nitrogens is 1. The van der Waals surface area contributed by atoms with Crippen molar-refractivity contribution in [3.05, 3.63) is 66.1 Å². The van der Waals surface area contributed by atoms with Gasteiger partial charge < -0.3 is 4.98 Å². The van der Waals surface area contributed by atoms with Gasteiger partial charge >= 0.3 is 0 Å². The lowest BCUT2D eigenvalue weighted by Gasteiger charge is -2.09. The van der Waals surface area contributed by atoms with Crippen molar-refractivity contribution in [3.8, 4) is 11.3 Å². The van der Waals surface area contributed by atoms with Crippen molar-refractivity contribution >= 4 is 15.7 Å². The predicted octanol–water partition coefficient (Wildman–Crippen LogP) is 3.75. The molecule has 1 heterocycles. The van der Waals surface area contributed by atoms with E-state index < -0.39 is 10.0 Å². The Balaban J connectivity index is 1.79. The summed E-state index contributed by atoms with van der Waals surface area (Å²) >= 11 is 0. The fourth-order valence-corrected chi connectivity index (χ4v) is 3.46. The highest BCUT2D eigenvalue weighted by Gasteiger charge is 2.14. The van der Waals surface area contributed by atoms with Crippen LogP contribution in [-0.2, 0) is 16.4 Å². The maximum atomic E-state index is 12.4. The molecule has 0 bridgehead atoms. The first-order chi connectivity index (χ1) is 11.5. The number of hydrogen-bond donors (Lipinski definition) is 2. The largest absolute Gasteiger partial charge is 0.342 e. The maximum Gasteiger partial charge on any atom is 0.261 e. The van der Waals surface area contributed by atoms with E-state index >= 15 is 0 Å². The van der Waals surface area contributed by atoms with E-state index in [0.29, 0.717) is 5.69 Å². The van der Waals surface area contributed by atoms with Crippen molar-refractivity contribution in [2.75, 3.05) is 4.72 Å². The first-order valence-corrected chi connectivity index (χ1v) is 9.20. The minimum atomic E-state index is -3.58. The van der Waals surface area contributed by atoms with Gasteiger partial charge in [0.15, 0.2) is 0 Å². The number of sulfonamides is 1. The van der Waals surface area contributed by atoms with Gasteiger partial charge in [-0.1, -0.05) is 31.2 Å². The summed E-state index contributed by atoms with van der Waals surface area (Å²) in [7, 11) is -3.58. The quantitative estimate of drug-likeness (QED) is 0.742. The second-order valence-electron chi connectivity index (χ2n) is 5.56. The summed E-state index contributed by atoms with van der Waals surface area (Å²) in [5.41, 5.74) is 3.48. The summed E-state index contributed by atoms with van der Waals surface area (Å²) < 4.78 is 27.5. The fourth-order valence-electron chi connectivity index (χ4n) is 2.40. The molecule has 0 aliphatic rings. The Kier molecular flexibility index (Phi) is 4.40. The van der Waals surface area contributed by atoms with Crippen LogP contribution in [0.4, 0.5) is 5.69 Å². The van der Waals surface area contributed by atoms with E-state index in [1.54, 1.807) is 30.5 Å². The van der Waals surface area contributed by atoms with E-state index in [4.69, 9.17) is 0 Å². The second-order valence-corrected chi connectivity index (χ2v) is 7.25. The van der Waals surface area contributed by atoms with E-state index in [9.17, 15) is 8.42 Å². The number of aryl methyl sites for hydroxylation is 2. The van der Waals surface area contributed by atoms with Crippen LogP contribution in [0.15, 0.2) is 59.6 Å². The molecule has 0 unspecified atom stereocenters. The molecular formula is C18H19N3O2S. The normalized spacial score (nSPS) is 11.4. The minimum absolute atomic E-state index is 0.257. The van der Waals surface area contributed by atoms with Gasteiger partial charge in [0.2, 0.25) is 0 Å². The Morgan fingerprint density at radius 1 is 1.04 bits per heavy atom. The molecule has 0 radical (unpaired) electrons. The molecule has 0 saturated carbocycles. The van der Waals surface area contributed by atoms with Crippen LogP contribution < -0.4 is 4.72 Å². The topological polar surface area (TPSA) is 74.8 Å². The lowest BCUT2D eigenvalue weighted by molar-refractivity contribution is 0.601. The van der Waals surface area contributed by atoms with Crippen LogP contribution >= 0.6 is 0 Å². The Morgan fingerprint density at radius 2 is 1.71 bits per heavy atom. The van der Waals surface area contributed by atoms with Crippen LogP contribution in [0.25, 0.3) is 11.3 Å². The van der Waals surface area contributed by atoms with Crippen molar-refractivity contribution in [1.29, 1.82) is 0 Å². The highest BCUT2D eigenvalue weighted by atomic mass is 32.2. The number of benzene rings is 2. The van der Waals surface area contributed by atoms with Crippen molar-refractivity contribution < 1.29 is 8.42 Å². The lowest BCUT2D eigenvalue weighted by Crippen LogP contribution is -2.12. The average Bonchev–Trinajstić information content (AvgIpc) is 3.02. The van der Waals surface area contributed by atoms with Gasteiger partial charge in [0.1, 0.15) is 5.82 Å². The summed E-state index contributed by atoms with van der Waals surface area (Å²) in [4.78, 5) is 7.57. The molecule has 24 heavy (non-hydrogen) atoms. The molecule has 0 saturated heterocycles. The molecule has 0 aliphatic carbocycles. The third-order valence-electron chi connectivity index (χ3n) is 3.79. The standard InChI is InChI=1S/C18H19N3O2S/c1-3-14-4-10-17(11-5-14)24(22,23)21-16-8-6-15(7-9-16)18-12-19-13(2)20-18/h4-12,21H,3H2,1-2H3,(H,19,20). The van der Waals surface area contributed by atoms with Gasteiger partial charge in [0, 0.05) is 5.69 Å². The van der Waals surface area contributed by atoms with Crippen molar-refractivity contribution in [3.63, 3.8) is 0 Å². The molecule has 0 spiro atoms. The van der Waals surface area contributed by atoms with Crippen LogP contribution in [-0.4, -0.2) is 18.4 Å². The highest BCUT2D eigenvalue weighted by molar-refractivity contribution is 7.92. The van der Waals surface area contributed by atoms with E-state index in [1.165, 1.54) is 0 Å². The summed E-state index contributed by atoms with van der Waals surface area (Å²) in [6.45, 7) is 3.92. The number of aromatic amines is 1. The van der Waals surface area contributed by atoms with E-state index in [1.807, 2.05) is 38.1 Å². The Labute approximate surface area is 141 Å². The molecule has 0 fully saturated rings. The third kappa shape index (κ3) is 3.49. The van der Waals surface area contributed by atoms with Gasteiger partial charge in [-0.25, -0.2) is 13.4 Å². The smallest absolute Gasteiger partial charge is 0.261 e. The number of anilines is 1. The van der Waals surface area contributed by atoms with Crippen molar-refractivity contribution in [1.82, 2.24) is 9.97 Å². The third-order valence-corrected chi connectivity index (χ3v) is 5.19. The summed E-state index contributed by atoms with van der Waals surface area (Å²) in [6.07, 6.45) is 2.63. The first-order valence-electron chi connectivity index (χ1n) is 7.72. The Hall–Kier alpha value is -2.60.